The van der Waals surface area contributed by atoms with Crippen LogP contribution in [0.3, 0.4) is 0 Å². The molecule has 3 saturated carbocycles. The Morgan fingerprint density at radius 2 is 1.59 bits per heavy atom. The van der Waals surface area contributed by atoms with Gasteiger partial charge in [-0.3, -0.25) is 0 Å². The number of nitrogens with zero attached hydrogens (tertiary/aromatic N) is 2. The van der Waals surface area contributed by atoms with Gasteiger partial charge in [-0.25, -0.2) is 0 Å². The lowest BCUT2D eigenvalue weighted by atomic mass is 9.65. The van der Waals surface area contributed by atoms with Gasteiger partial charge in [0.1, 0.15) is 0 Å². The van der Waals surface area contributed by atoms with E-state index in [1.165, 1.54) is 102 Å². The molecule has 4 fully saturated rings. The summed E-state index contributed by atoms with van der Waals surface area (Å²) in [7, 11) is 0. The first-order valence-corrected chi connectivity index (χ1v) is 16.9. The van der Waals surface area contributed by atoms with E-state index in [1.54, 1.807) is 5.70 Å². The fraction of sp³-hybridized carbons (Fsp3) is 0.676. The SMILES string of the molecule is CC12C=CCCC1C1=C(C=CC(C3CCC4C(C3)C3CCCCC3N4c3ccccc3)C1)N2C1CCCCC1. The van der Waals surface area contributed by atoms with Crippen LogP contribution in [0.15, 0.2) is 65.9 Å². The average molecular weight is 523 g/mol. The van der Waals surface area contributed by atoms with Crippen LogP contribution in [0.5, 0.6) is 0 Å². The van der Waals surface area contributed by atoms with Gasteiger partial charge < -0.3 is 9.80 Å². The highest BCUT2D eigenvalue weighted by molar-refractivity contribution is 5.51. The molecule has 0 amide bonds. The predicted octanol–water partition coefficient (Wildman–Crippen LogP) is 9.05. The second-order valence-corrected chi connectivity index (χ2v) is 14.6. The summed E-state index contributed by atoms with van der Waals surface area (Å²) in [5.41, 5.74) is 5.24. The van der Waals surface area contributed by atoms with E-state index in [4.69, 9.17) is 0 Å². The minimum Gasteiger partial charge on any atom is -0.365 e. The fourth-order valence-corrected chi connectivity index (χ4v) is 11.2. The van der Waals surface area contributed by atoms with Crippen molar-refractivity contribution in [3.63, 3.8) is 0 Å². The van der Waals surface area contributed by atoms with Crippen molar-refractivity contribution < 1.29 is 0 Å². The molecule has 8 atom stereocenters. The minimum atomic E-state index is 0.221. The summed E-state index contributed by atoms with van der Waals surface area (Å²) in [6, 6.07) is 13.8. The van der Waals surface area contributed by atoms with E-state index in [-0.39, 0.29) is 5.54 Å². The van der Waals surface area contributed by atoms with E-state index in [0.29, 0.717) is 0 Å². The van der Waals surface area contributed by atoms with E-state index in [1.807, 2.05) is 5.57 Å². The molecule has 0 radical (unpaired) electrons. The number of hydrogen-bond acceptors (Lipinski definition) is 2. The third-order valence-corrected chi connectivity index (χ3v) is 12.8. The van der Waals surface area contributed by atoms with Crippen LogP contribution in [0, 0.1) is 29.6 Å². The van der Waals surface area contributed by atoms with Crippen LogP contribution < -0.4 is 4.90 Å². The van der Waals surface area contributed by atoms with Crippen LogP contribution in [0.4, 0.5) is 5.69 Å². The van der Waals surface area contributed by atoms with Gasteiger partial charge in [-0.05, 0) is 119 Å². The maximum absolute atomic E-state index is 2.95. The molecule has 0 spiro atoms. The number of allylic oxidation sites excluding steroid dienone is 3. The molecule has 0 bridgehead atoms. The van der Waals surface area contributed by atoms with Crippen molar-refractivity contribution in [2.75, 3.05) is 4.90 Å². The van der Waals surface area contributed by atoms with Crippen LogP contribution in [0.25, 0.3) is 0 Å². The number of anilines is 1. The quantitative estimate of drug-likeness (QED) is 0.365. The van der Waals surface area contributed by atoms with Gasteiger partial charge in [0.05, 0.1) is 5.54 Å². The Balaban J connectivity index is 1.05. The zero-order valence-corrected chi connectivity index (χ0v) is 24.3. The van der Waals surface area contributed by atoms with E-state index in [0.717, 1.165) is 47.7 Å². The Morgan fingerprint density at radius 3 is 2.46 bits per heavy atom. The lowest BCUT2D eigenvalue weighted by Gasteiger charge is -2.47. The standard InChI is InChI=1S/C37H50N2/c1-37-23-11-10-17-33(37)32-25-27(20-22-36(32)39(37)29-14-6-3-7-15-29)26-19-21-35-31(24-26)30-16-8-9-18-34(30)38(35)28-12-4-2-5-13-28/h2,4-5,11-13,20,22-23,26-27,29-31,33-35H,3,6-10,14-19,21,24-25H2,1H3. The van der Waals surface area contributed by atoms with Crippen molar-refractivity contribution in [1.82, 2.24) is 4.90 Å². The Bertz CT molecular complexity index is 1140. The van der Waals surface area contributed by atoms with Gasteiger partial charge in [0.2, 0.25) is 0 Å². The number of rotatable bonds is 3. The summed E-state index contributed by atoms with van der Waals surface area (Å²) in [4.78, 5) is 5.88. The molecule has 1 aromatic rings. The third-order valence-electron chi connectivity index (χ3n) is 12.8. The lowest BCUT2D eigenvalue weighted by Crippen LogP contribution is -2.51. The third kappa shape index (κ3) is 3.93. The topological polar surface area (TPSA) is 6.48 Å². The molecule has 8 rings (SSSR count). The van der Waals surface area contributed by atoms with Gasteiger partial charge in [0.25, 0.3) is 0 Å². The zero-order valence-electron chi connectivity index (χ0n) is 24.3. The van der Waals surface area contributed by atoms with Crippen LogP contribution in [-0.4, -0.2) is 28.6 Å². The molecule has 39 heavy (non-hydrogen) atoms. The van der Waals surface area contributed by atoms with E-state index in [9.17, 15) is 0 Å². The van der Waals surface area contributed by atoms with Crippen LogP contribution in [-0.2, 0) is 0 Å². The molecule has 1 aromatic carbocycles. The Hall–Kier alpha value is -1.96. The molecule has 5 aliphatic carbocycles. The molecule has 2 heterocycles. The first-order valence-electron chi connectivity index (χ1n) is 16.9. The highest BCUT2D eigenvalue weighted by Gasteiger charge is 2.54. The first kappa shape index (κ1) is 24.8. The molecular weight excluding hydrogens is 472 g/mol. The highest BCUT2D eigenvalue weighted by atomic mass is 15.3. The number of fused-ring (bicyclic) bond motifs is 5. The summed E-state index contributed by atoms with van der Waals surface area (Å²) in [5, 5.41) is 0. The fourth-order valence-electron chi connectivity index (χ4n) is 11.2. The highest BCUT2D eigenvalue weighted by Crippen LogP contribution is 2.57. The molecule has 8 unspecified atom stereocenters. The maximum atomic E-state index is 2.95. The maximum Gasteiger partial charge on any atom is 0.0625 e. The largest absolute Gasteiger partial charge is 0.365 e. The monoisotopic (exact) mass is 522 g/mol. The summed E-state index contributed by atoms with van der Waals surface area (Å²) in [6.07, 6.45) is 31.7. The summed E-state index contributed by atoms with van der Waals surface area (Å²) >= 11 is 0. The number of benzene rings is 1. The van der Waals surface area contributed by atoms with E-state index in [2.05, 4.69) is 71.4 Å². The van der Waals surface area contributed by atoms with E-state index >= 15 is 0 Å². The summed E-state index contributed by atoms with van der Waals surface area (Å²) in [5.74, 6) is 4.21. The molecule has 2 nitrogen and oxygen atoms in total. The van der Waals surface area contributed by atoms with Gasteiger partial charge in [0.15, 0.2) is 0 Å². The Kier molecular flexibility index (Phi) is 6.26. The van der Waals surface area contributed by atoms with Crippen molar-refractivity contribution >= 4 is 5.69 Å². The molecule has 208 valence electrons. The van der Waals surface area contributed by atoms with Crippen LogP contribution >= 0.6 is 0 Å². The molecule has 0 aromatic heterocycles. The Labute approximate surface area is 237 Å². The van der Waals surface area contributed by atoms with Gasteiger partial charge in [-0.15, -0.1) is 0 Å². The minimum absolute atomic E-state index is 0.221. The van der Waals surface area contributed by atoms with Crippen molar-refractivity contribution in [2.45, 2.75) is 127 Å². The van der Waals surface area contributed by atoms with Crippen molar-refractivity contribution in [1.29, 1.82) is 0 Å². The molecule has 2 heteroatoms. The van der Waals surface area contributed by atoms with E-state index < -0.39 is 0 Å². The first-order chi connectivity index (χ1) is 19.2. The molecule has 2 aliphatic heterocycles. The lowest BCUT2D eigenvalue weighted by molar-refractivity contribution is 0.0962. The molecule has 0 N–H and O–H groups in total. The van der Waals surface area contributed by atoms with Gasteiger partial charge in [0, 0.05) is 35.4 Å². The van der Waals surface area contributed by atoms with Gasteiger partial charge in [-0.2, -0.15) is 0 Å². The smallest absolute Gasteiger partial charge is 0.0625 e. The molecule has 1 saturated heterocycles. The van der Waals surface area contributed by atoms with Crippen molar-refractivity contribution in [3.8, 4) is 0 Å². The zero-order chi connectivity index (χ0) is 26.0. The second-order valence-electron chi connectivity index (χ2n) is 14.6. The van der Waals surface area contributed by atoms with Crippen molar-refractivity contribution in [2.24, 2.45) is 29.6 Å². The normalized spacial score (nSPS) is 41.8. The predicted molar refractivity (Wildman–Crippen MR) is 163 cm³/mol. The summed E-state index contributed by atoms with van der Waals surface area (Å²) in [6.45, 7) is 2.59. The van der Waals surface area contributed by atoms with Crippen LogP contribution in [0.1, 0.15) is 103 Å². The van der Waals surface area contributed by atoms with Crippen molar-refractivity contribution in [3.05, 3.63) is 65.9 Å². The number of hydrogen-bond donors (Lipinski definition) is 0. The number of para-hydroxylation sites is 1. The molecule has 7 aliphatic rings. The average Bonchev–Trinajstić information content (AvgIpc) is 3.46. The van der Waals surface area contributed by atoms with Gasteiger partial charge >= 0.3 is 0 Å². The second kappa shape index (κ2) is 9.85. The summed E-state index contributed by atoms with van der Waals surface area (Å²) < 4.78 is 0. The molecular formula is C37H50N2. The Morgan fingerprint density at radius 1 is 0.795 bits per heavy atom. The van der Waals surface area contributed by atoms with Gasteiger partial charge in [-0.1, -0.05) is 68.5 Å². The van der Waals surface area contributed by atoms with Crippen LogP contribution in [0.2, 0.25) is 0 Å².